The fourth-order valence-corrected chi connectivity index (χ4v) is 4.03. The second kappa shape index (κ2) is 19.1. The van der Waals surface area contributed by atoms with Crippen LogP contribution in [-0.4, -0.2) is 62.3 Å². The maximum absolute atomic E-state index is 11.0. The molecule has 4 rings (SSSR count). The molecule has 2 fully saturated rings. The number of nitrogens with zero attached hydrogens (tertiary/aromatic N) is 1. The van der Waals surface area contributed by atoms with Gasteiger partial charge in [-0.1, -0.05) is 34.8 Å². The topological polar surface area (TPSA) is 123 Å². The molecule has 1 N–H and O–H groups in total. The first-order valence-electron chi connectivity index (χ1n) is 11.7. The van der Waals surface area contributed by atoms with Crippen LogP contribution in [0.2, 0.25) is 0 Å². The minimum absolute atomic E-state index is 0. The maximum atomic E-state index is 11.0. The number of fused-ring (bicyclic) bond motifs is 1. The van der Waals surface area contributed by atoms with E-state index in [9.17, 15) is 19.5 Å². The van der Waals surface area contributed by atoms with Gasteiger partial charge < -0.3 is 19.3 Å². The minimum Gasteiger partial charge on any atom is -0.504 e. The molecule has 2 aliphatic heterocycles. The van der Waals surface area contributed by atoms with Crippen LogP contribution in [0.25, 0.3) is 6.08 Å². The largest absolute Gasteiger partial charge is 0.504 e. The van der Waals surface area contributed by atoms with E-state index >= 15 is 0 Å². The van der Waals surface area contributed by atoms with Gasteiger partial charge in [0.05, 0.1) is 38.1 Å². The van der Waals surface area contributed by atoms with Gasteiger partial charge in [-0.05, 0) is 78.2 Å². The lowest BCUT2D eigenvalue weighted by atomic mass is 9.99. The zero-order valence-corrected chi connectivity index (χ0v) is 23.7. The van der Waals surface area contributed by atoms with Crippen LogP contribution in [-0.2, 0) is 14.3 Å². The monoisotopic (exact) mass is 605 g/mol. The average Bonchev–Trinajstić information content (AvgIpc) is 3.46. The Morgan fingerprint density at radius 1 is 0.951 bits per heavy atom. The first-order valence-corrected chi connectivity index (χ1v) is 12.5. The van der Waals surface area contributed by atoms with Crippen molar-refractivity contribution in [3.8, 4) is 17.6 Å². The van der Waals surface area contributed by atoms with Gasteiger partial charge in [0.1, 0.15) is 6.07 Å². The first kappa shape index (κ1) is 40.0. The summed E-state index contributed by atoms with van der Waals surface area (Å²) >= 11 is 10.4. The van der Waals surface area contributed by atoms with E-state index in [0.29, 0.717) is 46.5 Å². The molecule has 2 saturated heterocycles. The third kappa shape index (κ3) is 11.7. The summed E-state index contributed by atoms with van der Waals surface area (Å²) in [6, 6.07) is 12.2. The highest BCUT2D eigenvalue weighted by Crippen LogP contribution is 2.33. The quantitative estimate of drug-likeness (QED) is 0.190. The first-order chi connectivity index (χ1) is 18.0. The zero-order valence-electron chi connectivity index (χ0n) is 22.1. The zero-order chi connectivity index (χ0) is 28.4. The van der Waals surface area contributed by atoms with Crippen molar-refractivity contribution in [3.05, 3.63) is 64.7 Å². The van der Waals surface area contributed by atoms with Gasteiger partial charge in [0.25, 0.3) is 10.5 Å². The van der Waals surface area contributed by atoms with Crippen LogP contribution in [0.5, 0.6) is 11.5 Å². The molecule has 0 spiro atoms. The van der Waals surface area contributed by atoms with Crippen molar-refractivity contribution in [1.29, 1.82) is 5.26 Å². The molecule has 0 aromatic heterocycles. The Bertz CT molecular complexity index is 1180. The molecule has 4 atom stereocenters. The number of hydrogen-bond donors (Lipinski definition) is 1. The van der Waals surface area contributed by atoms with Crippen molar-refractivity contribution >= 4 is 54.0 Å². The summed E-state index contributed by atoms with van der Waals surface area (Å²) in [6.07, 6.45) is 2.24. The molecule has 0 unspecified atom stereocenters. The summed E-state index contributed by atoms with van der Waals surface area (Å²) in [5, 5.41) is 17.0. The van der Waals surface area contributed by atoms with Gasteiger partial charge in [-0.15, -0.1) is 0 Å². The van der Waals surface area contributed by atoms with Crippen molar-refractivity contribution in [2.45, 2.75) is 47.8 Å². The molecule has 11 heteroatoms. The van der Waals surface area contributed by atoms with Gasteiger partial charge in [-0.3, -0.25) is 14.4 Å². The van der Waals surface area contributed by atoms with Crippen LogP contribution in [0, 0.1) is 23.2 Å². The van der Waals surface area contributed by atoms with Crippen molar-refractivity contribution < 1.29 is 33.7 Å². The van der Waals surface area contributed by atoms with Crippen LogP contribution in [0.1, 0.15) is 61.9 Å². The Kier molecular flexibility index (Phi) is 18.6. The fraction of sp³-hybridized carbons (Fsp3) is 0.400. The van der Waals surface area contributed by atoms with Crippen molar-refractivity contribution in [1.82, 2.24) is 0 Å². The Morgan fingerprint density at radius 3 is 1.73 bits per heavy atom. The normalized spacial score (nSPS) is 20.0. The molecular weight excluding hydrogens is 568 g/mol. The highest BCUT2D eigenvalue weighted by atomic mass is 35.5. The molecule has 2 aromatic carbocycles. The molecule has 41 heavy (non-hydrogen) atoms. The highest BCUT2D eigenvalue weighted by molar-refractivity contribution is 6.68. The SMILES string of the molecule is C.C.COc1cc(C=C(C#N)C(C)=O)ccc1O.C[C@@H]1CO[C@H]2[C@@H]1OC[C@@H]2C.O=C(Cl)c1ccc(C(=O)Cl)cc1.[BH]. The summed E-state index contributed by atoms with van der Waals surface area (Å²) in [4.78, 5) is 32.2. The second-order valence-corrected chi connectivity index (χ2v) is 9.52. The van der Waals surface area contributed by atoms with E-state index in [0.717, 1.165) is 13.2 Å². The van der Waals surface area contributed by atoms with Crippen LogP contribution < -0.4 is 4.74 Å². The van der Waals surface area contributed by atoms with E-state index < -0.39 is 10.5 Å². The van der Waals surface area contributed by atoms with Gasteiger partial charge in [0, 0.05) is 31.4 Å². The predicted molar refractivity (Wildman–Crippen MR) is 164 cm³/mol. The van der Waals surface area contributed by atoms with Crippen molar-refractivity contribution in [3.63, 3.8) is 0 Å². The van der Waals surface area contributed by atoms with Crippen LogP contribution in [0.3, 0.4) is 0 Å². The Morgan fingerprint density at radius 2 is 1.39 bits per heavy atom. The molecule has 2 aromatic rings. The van der Waals surface area contributed by atoms with E-state index in [1.807, 2.05) is 6.07 Å². The maximum Gasteiger partial charge on any atom is 0.252 e. The number of ether oxygens (including phenoxy) is 3. The number of ketones is 1. The molecular formula is C30H38BCl2NO7. The predicted octanol–water partition coefficient (Wildman–Crippen LogP) is 6.02. The van der Waals surface area contributed by atoms with Crippen molar-refractivity contribution in [2.24, 2.45) is 11.8 Å². The molecule has 0 saturated carbocycles. The van der Waals surface area contributed by atoms with Gasteiger partial charge in [0.15, 0.2) is 17.3 Å². The standard InChI is InChI=1S/C12H11NO3.C8H4Cl2O2.C8H14O2.2CH4.BH/c1-8(14)10(7-13)5-9-3-4-11(15)12(6-9)16-2;9-7(11)5-1-2-6(4-3-5)8(10)12;1-5-3-9-8-6(2)4-10-7(5)8;;;/h3-6,15H,1-2H3;1-4H;5-8H,3-4H2,1-2H3;2*1H4;1H/t;;5-,6+,7-,8-;;;/m..1.../s1. The third-order valence-corrected chi connectivity index (χ3v) is 6.34. The number of phenols is 1. The molecule has 0 bridgehead atoms. The van der Waals surface area contributed by atoms with E-state index in [1.165, 1.54) is 50.4 Å². The molecule has 0 amide bonds. The number of benzene rings is 2. The number of hydrogen-bond acceptors (Lipinski definition) is 8. The number of phenolic OH excluding ortho intramolecular Hbond substituents is 1. The number of allylic oxidation sites excluding steroid dienone is 1. The molecule has 2 heterocycles. The van der Waals surface area contributed by atoms with Crippen molar-refractivity contribution in [2.75, 3.05) is 20.3 Å². The average molecular weight is 606 g/mol. The highest BCUT2D eigenvalue weighted by Gasteiger charge is 2.43. The number of nitriles is 1. The number of methoxy groups -OCH3 is 1. The van der Waals surface area contributed by atoms with E-state index in [2.05, 4.69) is 13.8 Å². The van der Waals surface area contributed by atoms with Gasteiger partial charge in [-0.2, -0.15) is 5.26 Å². The Labute approximate surface area is 254 Å². The number of halogens is 2. The van der Waals surface area contributed by atoms with E-state index in [-0.39, 0.29) is 40.4 Å². The minimum atomic E-state index is -0.552. The lowest BCUT2D eigenvalue weighted by molar-refractivity contribution is -0.113. The van der Waals surface area contributed by atoms with E-state index in [4.69, 9.17) is 42.7 Å². The number of carbonyl (C=O) groups is 3. The van der Waals surface area contributed by atoms with Gasteiger partial charge in [0.2, 0.25) is 0 Å². The summed E-state index contributed by atoms with van der Waals surface area (Å²) in [5.41, 5.74) is 1.38. The fourth-order valence-electron chi connectivity index (χ4n) is 3.78. The number of rotatable bonds is 5. The Balaban J connectivity index is 0. The molecule has 2 aliphatic rings. The molecule has 0 aliphatic carbocycles. The summed E-state index contributed by atoms with van der Waals surface area (Å²) < 4.78 is 16.1. The van der Waals surface area contributed by atoms with Crippen LogP contribution in [0.4, 0.5) is 0 Å². The summed E-state index contributed by atoms with van der Waals surface area (Å²) in [5.74, 6) is 1.23. The summed E-state index contributed by atoms with van der Waals surface area (Å²) in [7, 11) is 1.43. The molecule has 222 valence electrons. The summed E-state index contributed by atoms with van der Waals surface area (Å²) in [6.45, 7) is 7.50. The van der Waals surface area contributed by atoms with Crippen LogP contribution >= 0.6 is 23.2 Å². The van der Waals surface area contributed by atoms with Gasteiger partial charge in [-0.25, -0.2) is 0 Å². The van der Waals surface area contributed by atoms with E-state index in [1.54, 1.807) is 12.1 Å². The lowest BCUT2D eigenvalue weighted by Gasteiger charge is -2.10. The lowest BCUT2D eigenvalue weighted by Crippen LogP contribution is -2.23. The number of aromatic hydroxyl groups is 1. The number of Topliss-reactive ketones (excluding diaryl/α,β-unsaturated/α-hetero) is 1. The number of carbonyl (C=O) groups excluding carboxylic acids is 3. The molecule has 8 nitrogen and oxygen atoms in total. The smallest absolute Gasteiger partial charge is 0.252 e. The Hall–Kier alpha value is -3.16. The molecule has 2 radical (unpaired) electrons. The third-order valence-electron chi connectivity index (χ3n) is 5.90. The van der Waals surface area contributed by atoms with Gasteiger partial charge >= 0.3 is 0 Å². The second-order valence-electron chi connectivity index (χ2n) is 8.83. The van der Waals surface area contributed by atoms with Crippen LogP contribution in [0.15, 0.2) is 48.0 Å².